The van der Waals surface area contributed by atoms with E-state index in [9.17, 15) is 0 Å². The van der Waals surface area contributed by atoms with E-state index in [1.807, 2.05) is 25.2 Å². The third kappa shape index (κ3) is 3.30. The molecular weight excluding hydrogens is 298 g/mol. The molecule has 6 heteroatoms. The first kappa shape index (κ1) is 13.0. The van der Waals surface area contributed by atoms with E-state index in [-0.39, 0.29) is 6.61 Å². The van der Waals surface area contributed by atoms with Crippen molar-refractivity contribution in [3.05, 3.63) is 40.0 Å². The van der Waals surface area contributed by atoms with Crippen LogP contribution in [0.15, 0.2) is 27.2 Å². The summed E-state index contributed by atoms with van der Waals surface area (Å²) in [7, 11) is 1.91. The summed E-state index contributed by atoms with van der Waals surface area (Å²) in [5, 5.41) is 6.80. The third-order valence-electron chi connectivity index (χ3n) is 2.30. The summed E-state index contributed by atoms with van der Waals surface area (Å²) < 4.78 is 11.5. The highest BCUT2D eigenvalue weighted by Gasteiger charge is 2.06. The number of ether oxygens (including phenoxy) is 1. The molecule has 0 amide bonds. The van der Waals surface area contributed by atoms with E-state index in [4.69, 9.17) is 9.26 Å². The summed E-state index contributed by atoms with van der Waals surface area (Å²) in [5.74, 6) is 1.83. The van der Waals surface area contributed by atoms with Gasteiger partial charge in [-0.2, -0.15) is 4.98 Å². The Morgan fingerprint density at radius 2 is 2.28 bits per heavy atom. The van der Waals surface area contributed by atoms with Crippen molar-refractivity contribution in [2.45, 2.75) is 20.1 Å². The number of hydrogen-bond acceptors (Lipinski definition) is 5. The molecule has 96 valence electrons. The van der Waals surface area contributed by atoms with Crippen LogP contribution in [-0.4, -0.2) is 17.2 Å². The van der Waals surface area contributed by atoms with E-state index in [1.165, 1.54) is 5.56 Å². The van der Waals surface area contributed by atoms with Gasteiger partial charge in [-0.15, -0.1) is 0 Å². The lowest BCUT2D eigenvalue weighted by atomic mass is 10.2. The van der Waals surface area contributed by atoms with Crippen LogP contribution >= 0.6 is 15.9 Å². The Morgan fingerprint density at radius 1 is 1.44 bits per heavy atom. The van der Waals surface area contributed by atoms with Crippen molar-refractivity contribution in [1.82, 2.24) is 15.5 Å². The van der Waals surface area contributed by atoms with Gasteiger partial charge < -0.3 is 14.6 Å². The van der Waals surface area contributed by atoms with Crippen LogP contribution in [0.2, 0.25) is 0 Å². The number of rotatable bonds is 5. The second-order valence-corrected chi connectivity index (χ2v) is 4.67. The summed E-state index contributed by atoms with van der Waals surface area (Å²) in [6, 6.07) is 5.94. The number of hydrogen-bond donors (Lipinski definition) is 1. The van der Waals surface area contributed by atoms with E-state index in [1.54, 1.807) is 6.92 Å². The number of aromatic nitrogens is 2. The number of halogens is 1. The minimum Gasteiger partial charge on any atom is -0.483 e. The zero-order valence-electron chi connectivity index (χ0n) is 10.2. The van der Waals surface area contributed by atoms with Gasteiger partial charge in [-0.25, -0.2) is 0 Å². The first-order chi connectivity index (χ1) is 8.69. The van der Waals surface area contributed by atoms with Crippen molar-refractivity contribution >= 4 is 15.9 Å². The van der Waals surface area contributed by atoms with Gasteiger partial charge in [0.2, 0.25) is 0 Å². The molecule has 0 saturated carbocycles. The fourth-order valence-corrected chi connectivity index (χ4v) is 2.05. The molecule has 0 aliphatic rings. The van der Waals surface area contributed by atoms with Gasteiger partial charge in [-0.3, -0.25) is 0 Å². The Kier molecular flexibility index (Phi) is 4.33. The Balaban J connectivity index is 2.01. The largest absolute Gasteiger partial charge is 0.483 e. The number of aryl methyl sites for hydroxylation is 1. The molecule has 1 aromatic carbocycles. The fraction of sp³-hybridized carbons (Fsp3) is 0.333. The Morgan fingerprint density at radius 3 is 2.89 bits per heavy atom. The molecule has 1 N–H and O–H groups in total. The Labute approximate surface area is 114 Å². The van der Waals surface area contributed by atoms with Gasteiger partial charge in [0.15, 0.2) is 12.4 Å². The van der Waals surface area contributed by atoms with Crippen molar-refractivity contribution in [3.8, 4) is 5.75 Å². The van der Waals surface area contributed by atoms with Crippen LogP contribution in [0.1, 0.15) is 17.3 Å². The van der Waals surface area contributed by atoms with Gasteiger partial charge in [0.25, 0.3) is 5.89 Å². The van der Waals surface area contributed by atoms with Crippen LogP contribution in [0.25, 0.3) is 0 Å². The minimum atomic E-state index is 0.269. The van der Waals surface area contributed by atoms with Crippen molar-refractivity contribution in [2.75, 3.05) is 7.05 Å². The van der Waals surface area contributed by atoms with Crippen LogP contribution in [0.5, 0.6) is 5.75 Å². The Bertz CT molecular complexity index is 528. The second-order valence-electron chi connectivity index (χ2n) is 3.82. The Hall–Kier alpha value is -1.40. The number of benzene rings is 1. The van der Waals surface area contributed by atoms with Gasteiger partial charge in [-0.1, -0.05) is 11.2 Å². The van der Waals surface area contributed by atoms with E-state index in [0.29, 0.717) is 11.7 Å². The molecule has 0 unspecified atom stereocenters. The lowest BCUT2D eigenvalue weighted by Crippen LogP contribution is -2.05. The second kappa shape index (κ2) is 5.97. The zero-order chi connectivity index (χ0) is 13.0. The predicted octanol–water partition coefficient (Wildman–Crippen LogP) is 2.44. The molecule has 0 bridgehead atoms. The number of nitrogens with one attached hydrogen (secondary N) is 1. The van der Waals surface area contributed by atoms with Crippen molar-refractivity contribution in [1.29, 1.82) is 0 Å². The third-order valence-corrected chi connectivity index (χ3v) is 2.92. The molecule has 2 rings (SSSR count). The van der Waals surface area contributed by atoms with Crippen molar-refractivity contribution in [2.24, 2.45) is 0 Å². The van der Waals surface area contributed by atoms with Crippen LogP contribution < -0.4 is 10.1 Å². The fourth-order valence-electron chi connectivity index (χ4n) is 1.51. The summed E-state index contributed by atoms with van der Waals surface area (Å²) in [6.45, 7) is 2.86. The van der Waals surface area contributed by atoms with Gasteiger partial charge in [-0.05, 0) is 47.6 Å². The molecule has 0 aliphatic heterocycles. The zero-order valence-corrected chi connectivity index (χ0v) is 11.8. The van der Waals surface area contributed by atoms with E-state index >= 15 is 0 Å². The van der Waals surface area contributed by atoms with Gasteiger partial charge in [0, 0.05) is 6.54 Å². The molecule has 1 aromatic heterocycles. The van der Waals surface area contributed by atoms with Crippen LogP contribution in [0.3, 0.4) is 0 Å². The molecule has 2 aromatic rings. The molecule has 18 heavy (non-hydrogen) atoms. The summed E-state index contributed by atoms with van der Waals surface area (Å²) in [6.07, 6.45) is 0. The minimum absolute atomic E-state index is 0.269. The molecule has 0 spiro atoms. The summed E-state index contributed by atoms with van der Waals surface area (Å²) in [4.78, 5) is 4.07. The van der Waals surface area contributed by atoms with Gasteiger partial charge in [0.05, 0.1) is 4.47 Å². The highest BCUT2D eigenvalue weighted by atomic mass is 79.9. The topological polar surface area (TPSA) is 60.2 Å². The average Bonchev–Trinajstić information content (AvgIpc) is 2.74. The maximum atomic E-state index is 5.61. The molecule has 0 aliphatic carbocycles. The maximum absolute atomic E-state index is 5.61. The highest BCUT2D eigenvalue weighted by molar-refractivity contribution is 9.10. The lowest BCUT2D eigenvalue weighted by molar-refractivity contribution is 0.241. The molecule has 0 atom stereocenters. The molecule has 5 nitrogen and oxygen atoms in total. The van der Waals surface area contributed by atoms with E-state index in [0.717, 1.165) is 16.8 Å². The monoisotopic (exact) mass is 311 g/mol. The van der Waals surface area contributed by atoms with Gasteiger partial charge >= 0.3 is 0 Å². The molecule has 0 saturated heterocycles. The molecule has 1 heterocycles. The van der Waals surface area contributed by atoms with Crippen LogP contribution in [-0.2, 0) is 13.2 Å². The van der Waals surface area contributed by atoms with Gasteiger partial charge in [0.1, 0.15) is 5.75 Å². The summed E-state index contributed by atoms with van der Waals surface area (Å²) >= 11 is 3.48. The molecule has 0 radical (unpaired) electrons. The van der Waals surface area contributed by atoms with Crippen LogP contribution in [0.4, 0.5) is 0 Å². The average molecular weight is 312 g/mol. The quantitative estimate of drug-likeness (QED) is 0.919. The smallest absolute Gasteiger partial charge is 0.264 e. The SMILES string of the molecule is CNCc1ccc(OCc2nc(C)no2)c(Br)c1. The van der Waals surface area contributed by atoms with E-state index < -0.39 is 0 Å². The maximum Gasteiger partial charge on any atom is 0.264 e. The normalized spacial score (nSPS) is 10.6. The van der Waals surface area contributed by atoms with E-state index in [2.05, 4.69) is 31.4 Å². The molecule has 0 fully saturated rings. The predicted molar refractivity (Wildman–Crippen MR) is 70.3 cm³/mol. The van der Waals surface area contributed by atoms with Crippen molar-refractivity contribution < 1.29 is 9.26 Å². The standard InChI is InChI=1S/C12H14BrN3O2/c1-8-15-12(18-16-8)7-17-11-4-3-9(6-14-2)5-10(11)13/h3-5,14H,6-7H2,1-2H3. The first-order valence-corrected chi connectivity index (χ1v) is 6.33. The number of nitrogens with zero attached hydrogens (tertiary/aromatic N) is 2. The highest BCUT2D eigenvalue weighted by Crippen LogP contribution is 2.26. The van der Waals surface area contributed by atoms with Crippen molar-refractivity contribution in [3.63, 3.8) is 0 Å². The lowest BCUT2D eigenvalue weighted by Gasteiger charge is -2.07. The van der Waals surface area contributed by atoms with Crippen LogP contribution in [0, 0.1) is 6.92 Å². The first-order valence-electron chi connectivity index (χ1n) is 5.54. The summed E-state index contributed by atoms with van der Waals surface area (Å²) in [5.41, 5.74) is 1.19. The molecular formula is C12H14BrN3O2.